The highest BCUT2D eigenvalue weighted by atomic mass is 31.2. The van der Waals surface area contributed by atoms with Gasteiger partial charge in [0.15, 0.2) is 0 Å². The molecule has 21 heavy (non-hydrogen) atoms. The van der Waals surface area contributed by atoms with Gasteiger partial charge in [0.05, 0.1) is 27.6 Å². The summed E-state index contributed by atoms with van der Waals surface area (Å²) in [4.78, 5) is 19.5. The van der Waals surface area contributed by atoms with Crippen LogP contribution in [0.25, 0.3) is 6.08 Å². The average Bonchev–Trinajstić information content (AvgIpc) is 2.35. The van der Waals surface area contributed by atoms with Crippen LogP contribution in [0.5, 0.6) is 0 Å². The molecule has 2 unspecified atom stereocenters. The van der Waals surface area contributed by atoms with Gasteiger partial charge in [-0.25, -0.2) is 0 Å². The Labute approximate surface area is 125 Å². The Morgan fingerprint density at radius 3 is 2.29 bits per heavy atom. The zero-order valence-electron chi connectivity index (χ0n) is 12.5. The van der Waals surface area contributed by atoms with Crippen molar-refractivity contribution in [1.82, 2.24) is 0 Å². The molecule has 0 heterocycles. The van der Waals surface area contributed by atoms with Crippen molar-refractivity contribution < 1.29 is 28.5 Å². The number of rotatable bonds is 7. The molecule has 1 rings (SSSR count). The molecule has 118 valence electrons. The minimum absolute atomic E-state index is 0.0518. The third-order valence-corrected chi connectivity index (χ3v) is 3.87. The van der Waals surface area contributed by atoms with Crippen molar-refractivity contribution >= 4 is 13.9 Å². The third-order valence-electron chi connectivity index (χ3n) is 3.41. The van der Waals surface area contributed by atoms with E-state index in [1.54, 1.807) is 27.2 Å². The summed E-state index contributed by atoms with van der Waals surface area (Å²) < 4.78 is 15.2. The zero-order valence-corrected chi connectivity index (χ0v) is 13.4. The van der Waals surface area contributed by atoms with Crippen molar-refractivity contribution in [2.75, 3.05) is 27.7 Å². The number of nitrogens with zero attached hydrogens (tertiary/aromatic N) is 1. The number of phosphoric acid groups is 1. The van der Waals surface area contributed by atoms with Crippen LogP contribution in [0.4, 0.5) is 0 Å². The van der Waals surface area contributed by atoms with Crippen LogP contribution >= 0.6 is 7.82 Å². The maximum absolute atomic E-state index is 10.8. The molecule has 6 nitrogen and oxygen atoms in total. The molecule has 0 aromatic heterocycles. The van der Waals surface area contributed by atoms with Crippen LogP contribution in [0.1, 0.15) is 11.1 Å². The van der Waals surface area contributed by atoms with Crippen molar-refractivity contribution in [1.29, 1.82) is 0 Å². The molecule has 0 amide bonds. The van der Waals surface area contributed by atoms with Gasteiger partial charge in [-0.15, -0.1) is 0 Å². The number of phosphoric ester groups is 1. The predicted octanol–water partition coefficient (Wildman–Crippen LogP) is 0.744. The van der Waals surface area contributed by atoms with Gasteiger partial charge in [0.1, 0.15) is 6.61 Å². The molecule has 0 aliphatic carbocycles. The lowest BCUT2D eigenvalue weighted by molar-refractivity contribution is -0.950. The molecule has 0 fully saturated rings. The molecule has 1 aromatic carbocycles. The Balaban J connectivity index is 2.96. The summed E-state index contributed by atoms with van der Waals surface area (Å²) in [5.74, 6) is 0. The van der Waals surface area contributed by atoms with E-state index in [-0.39, 0.29) is 10.9 Å². The van der Waals surface area contributed by atoms with E-state index in [9.17, 15) is 14.6 Å². The van der Waals surface area contributed by atoms with Gasteiger partial charge in [-0.2, -0.15) is 0 Å². The Hall–Kier alpha value is -1.01. The highest BCUT2D eigenvalue weighted by Crippen LogP contribution is 2.34. The largest absolute Gasteiger partial charge is 0.756 e. The topological polar surface area (TPSA) is 89.8 Å². The van der Waals surface area contributed by atoms with Gasteiger partial charge in [0.25, 0.3) is 7.82 Å². The minimum atomic E-state index is -4.88. The molecular weight excluding hydrogens is 293 g/mol. The van der Waals surface area contributed by atoms with E-state index in [0.29, 0.717) is 0 Å². The minimum Gasteiger partial charge on any atom is -0.756 e. The summed E-state index contributed by atoms with van der Waals surface area (Å²) in [6.45, 7) is 3.13. The van der Waals surface area contributed by atoms with E-state index < -0.39 is 20.2 Å². The van der Waals surface area contributed by atoms with Gasteiger partial charge in [0.2, 0.25) is 5.72 Å². The first kappa shape index (κ1) is 18.0. The first-order chi connectivity index (χ1) is 9.47. The summed E-state index contributed by atoms with van der Waals surface area (Å²) in [5.41, 5.74) is 0.264. The van der Waals surface area contributed by atoms with Gasteiger partial charge in [-0.05, 0) is 11.1 Å². The number of benzene rings is 1. The normalized spacial score (nSPS) is 17.8. The summed E-state index contributed by atoms with van der Waals surface area (Å²) >= 11 is 0. The van der Waals surface area contributed by atoms with E-state index in [1.165, 1.54) is 0 Å². The van der Waals surface area contributed by atoms with E-state index >= 15 is 0 Å². The fraction of sp³-hybridized carbons (Fsp3) is 0.429. The molecule has 0 aliphatic heterocycles. The van der Waals surface area contributed by atoms with E-state index in [4.69, 9.17) is 4.89 Å². The lowest BCUT2D eigenvalue weighted by Gasteiger charge is -2.42. The van der Waals surface area contributed by atoms with E-state index in [2.05, 4.69) is 11.1 Å². The molecule has 1 aromatic rings. The molecule has 2 atom stereocenters. The molecule has 0 bridgehead atoms. The van der Waals surface area contributed by atoms with E-state index in [0.717, 1.165) is 11.1 Å². The quantitative estimate of drug-likeness (QED) is 0.440. The highest BCUT2D eigenvalue weighted by Gasteiger charge is 2.42. The number of hydrogen-bond donors (Lipinski definition) is 2. The van der Waals surface area contributed by atoms with Crippen LogP contribution in [-0.2, 0) is 15.5 Å². The molecular formula is C14H22NO5P. The zero-order chi connectivity index (χ0) is 16.3. The van der Waals surface area contributed by atoms with Gasteiger partial charge in [-0.3, -0.25) is 4.57 Å². The Bertz CT molecular complexity index is 531. The highest BCUT2D eigenvalue weighted by molar-refractivity contribution is 7.44. The van der Waals surface area contributed by atoms with Crippen molar-refractivity contribution in [2.24, 2.45) is 0 Å². The summed E-state index contributed by atoms with van der Waals surface area (Å²) in [6, 6.07) is 7.36. The fourth-order valence-corrected chi connectivity index (χ4v) is 2.14. The third kappa shape index (κ3) is 5.36. The van der Waals surface area contributed by atoms with Crippen LogP contribution in [0, 0.1) is 0 Å². The Morgan fingerprint density at radius 1 is 1.38 bits per heavy atom. The van der Waals surface area contributed by atoms with Gasteiger partial charge < -0.3 is 23.9 Å². The van der Waals surface area contributed by atoms with Crippen molar-refractivity contribution in [3.8, 4) is 0 Å². The van der Waals surface area contributed by atoms with Gasteiger partial charge in [0, 0.05) is 0 Å². The maximum Gasteiger partial charge on any atom is 0.265 e. The van der Waals surface area contributed by atoms with Gasteiger partial charge >= 0.3 is 0 Å². The predicted molar refractivity (Wildman–Crippen MR) is 79.0 cm³/mol. The Kier molecular flexibility index (Phi) is 5.50. The lowest BCUT2D eigenvalue weighted by Crippen LogP contribution is -2.61. The van der Waals surface area contributed by atoms with Crippen LogP contribution < -0.4 is 4.89 Å². The summed E-state index contributed by atoms with van der Waals surface area (Å²) in [6.07, 6.45) is 1.88. The van der Waals surface area contributed by atoms with Crippen molar-refractivity contribution in [3.05, 3.63) is 42.0 Å². The van der Waals surface area contributed by atoms with Crippen molar-refractivity contribution in [3.63, 3.8) is 0 Å². The first-order valence-electron chi connectivity index (χ1n) is 6.40. The van der Waals surface area contributed by atoms with Crippen LogP contribution in [0.3, 0.4) is 0 Å². The molecule has 0 saturated heterocycles. The number of hydrogen-bond acceptors (Lipinski definition) is 4. The Morgan fingerprint density at radius 2 is 1.90 bits per heavy atom. The summed E-state index contributed by atoms with van der Waals surface area (Å²) in [5, 5.41) is 10.7. The van der Waals surface area contributed by atoms with Crippen LogP contribution in [-0.4, -0.2) is 48.0 Å². The molecule has 0 saturated carbocycles. The fourth-order valence-electron chi connectivity index (χ4n) is 1.77. The van der Waals surface area contributed by atoms with Crippen LogP contribution in [0.2, 0.25) is 0 Å². The lowest BCUT2D eigenvalue weighted by atomic mass is 9.99. The SMILES string of the molecule is C=Cc1ccc(CC(O)(COP(=O)([O-])O)[N+](C)(C)C)cc1. The molecule has 0 spiro atoms. The number of aliphatic hydroxyl groups is 1. The second-order valence-electron chi connectivity index (χ2n) is 5.86. The van der Waals surface area contributed by atoms with Gasteiger partial charge in [-0.1, -0.05) is 36.9 Å². The maximum atomic E-state index is 10.8. The molecule has 0 aliphatic rings. The standard InChI is InChI=1S/C14H22NO5P/c1-5-12-6-8-13(9-7-12)10-14(16,15(2,3)4)11-20-21(17,18)19/h5-9,16H,1,10-11H2,2-4H3,(H-,17,18,19). The monoisotopic (exact) mass is 315 g/mol. The molecule has 2 N–H and O–H groups in total. The summed E-state index contributed by atoms with van der Waals surface area (Å²) in [7, 11) is 0.268. The number of likely N-dealkylation sites (N-methyl/N-ethyl adjacent to an activating group) is 1. The average molecular weight is 315 g/mol. The first-order valence-corrected chi connectivity index (χ1v) is 7.90. The van der Waals surface area contributed by atoms with E-state index in [1.807, 2.05) is 24.3 Å². The second-order valence-corrected chi connectivity index (χ2v) is 7.05. The van der Waals surface area contributed by atoms with Crippen molar-refractivity contribution in [2.45, 2.75) is 12.1 Å². The smallest absolute Gasteiger partial charge is 0.265 e. The molecule has 7 heteroatoms. The van der Waals surface area contributed by atoms with Crippen LogP contribution in [0.15, 0.2) is 30.8 Å². The molecule has 0 radical (unpaired) electrons. The second kappa shape index (κ2) is 6.40. The number of quaternary nitrogens is 1.